The molecule has 1 heterocycles. The first-order valence-corrected chi connectivity index (χ1v) is 6.17. The molecule has 0 bridgehead atoms. The number of thioether (sulfide) groups is 1. The van der Waals surface area contributed by atoms with Crippen LogP contribution in [0.2, 0.25) is 0 Å². The fourth-order valence-electron chi connectivity index (χ4n) is 1.34. The quantitative estimate of drug-likeness (QED) is 0.819. The van der Waals surface area contributed by atoms with Gasteiger partial charge in [0.25, 0.3) is 0 Å². The lowest BCUT2D eigenvalue weighted by molar-refractivity contribution is 0.0697. The van der Waals surface area contributed by atoms with Gasteiger partial charge in [-0.25, -0.2) is 14.8 Å². The van der Waals surface area contributed by atoms with E-state index < -0.39 is 5.97 Å². The molecule has 5 nitrogen and oxygen atoms in total. The van der Waals surface area contributed by atoms with Crippen molar-refractivity contribution >= 4 is 23.5 Å². The second-order valence-corrected chi connectivity index (χ2v) is 4.50. The van der Waals surface area contributed by atoms with Crippen LogP contribution in [-0.4, -0.2) is 21.0 Å². The molecule has 0 fully saturated rings. The van der Waals surface area contributed by atoms with Gasteiger partial charge in [-0.3, -0.25) is 0 Å². The van der Waals surface area contributed by atoms with Crippen molar-refractivity contribution in [3.05, 3.63) is 47.8 Å². The predicted molar refractivity (Wildman–Crippen MR) is 69.4 cm³/mol. The Morgan fingerprint density at radius 3 is 2.50 bits per heavy atom. The fourth-order valence-corrected chi connectivity index (χ4v) is 2.17. The summed E-state index contributed by atoms with van der Waals surface area (Å²) < 4.78 is 0. The molecule has 6 heteroatoms. The number of carboxylic acids is 1. The molecule has 0 saturated carbocycles. The zero-order chi connectivity index (χ0) is 13.0. The SMILES string of the molecule is Nc1nccnc1SCc1ccc(C(=O)O)cc1. The molecule has 18 heavy (non-hydrogen) atoms. The number of nitrogen functional groups attached to an aromatic ring is 1. The number of rotatable bonds is 4. The third kappa shape index (κ3) is 2.98. The van der Waals surface area contributed by atoms with Crippen LogP contribution < -0.4 is 5.73 Å². The molecule has 2 rings (SSSR count). The first-order chi connectivity index (χ1) is 8.66. The van der Waals surface area contributed by atoms with Crippen LogP contribution in [0.25, 0.3) is 0 Å². The van der Waals surface area contributed by atoms with Gasteiger partial charge in [0.1, 0.15) is 5.03 Å². The fraction of sp³-hybridized carbons (Fsp3) is 0.0833. The van der Waals surface area contributed by atoms with E-state index in [-0.39, 0.29) is 5.56 Å². The highest BCUT2D eigenvalue weighted by molar-refractivity contribution is 7.98. The Labute approximate surface area is 108 Å². The Hall–Kier alpha value is -2.08. The average molecular weight is 261 g/mol. The van der Waals surface area contributed by atoms with E-state index in [1.807, 2.05) is 0 Å². The lowest BCUT2D eigenvalue weighted by atomic mass is 10.1. The summed E-state index contributed by atoms with van der Waals surface area (Å²) in [5.41, 5.74) is 6.97. The topological polar surface area (TPSA) is 89.1 Å². The normalized spacial score (nSPS) is 10.2. The smallest absolute Gasteiger partial charge is 0.335 e. The van der Waals surface area contributed by atoms with Crippen LogP contribution in [-0.2, 0) is 5.75 Å². The summed E-state index contributed by atoms with van der Waals surface area (Å²) in [5, 5.41) is 9.46. The molecule has 0 amide bonds. The van der Waals surface area contributed by atoms with Gasteiger partial charge in [-0.2, -0.15) is 0 Å². The molecule has 0 radical (unpaired) electrons. The van der Waals surface area contributed by atoms with Crippen LogP contribution in [0.5, 0.6) is 0 Å². The largest absolute Gasteiger partial charge is 0.478 e. The summed E-state index contributed by atoms with van der Waals surface area (Å²) >= 11 is 1.47. The van der Waals surface area contributed by atoms with Crippen molar-refractivity contribution in [1.82, 2.24) is 9.97 Å². The van der Waals surface area contributed by atoms with Crippen molar-refractivity contribution in [3.8, 4) is 0 Å². The molecule has 1 aromatic heterocycles. The standard InChI is InChI=1S/C12H11N3O2S/c13-10-11(15-6-5-14-10)18-7-8-1-3-9(4-2-8)12(16)17/h1-6H,7H2,(H2,13,14)(H,16,17). The van der Waals surface area contributed by atoms with E-state index in [0.717, 1.165) is 5.56 Å². The zero-order valence-corrected chi connectivity index (χ0v) is 10.2. The van der Waals surface area contributed by atoms with E-state index in [0.29, 0.717) is 16.6 Å². The number of aromatic carboxylic acids is 1. The van der Waals surface area contributed by atoms with Gasteiger partial charge in [-0.15, -0.1) is 0 Å². The number of anilines is 1. The maximum Gasteiger partial charge on any atom is 0.335 e. The van der Waals surface area contributed by atoms with E-state index in [1.54, 1.807) is 36.7 Å². The minimum Gasteiger partial charge on any atom is -0.478 e. The average Bonchev–Trinajstić information content (AvgIpc) is 2.38. The molecule has 0 aliphatic carbocycles. The van der Waals surface area contributed by atoms with Gasteiger partial charge >= 0.3 is 5.97 Å². The highest BCUT2D eigenvalue weighted by Crippen LogP contribution is 2.24. The highest BCUT2D eigenvalue weighted by Gasteiger charge is 2.04. The molecular formula is C12H11N3O2S. The maximum absolute atomic E-state index is 10.7. The zero-order valence-electron chi connectivity index (χ0n) is 9.41. The number of aromatic nitrogens is 2. The molecule has 0 aliphatic heterocycles. The summed E-state index contributed by atoms with van der Waals surface area (Å²) in [6, 6.07) is 6.72. The molecule has 0 spiro atoms. The molecule has 92 valence electrons. The Morgan fingerprint density at radius 1 is 1.22 bits per heavy atom. The first kappa shape index (κ1) is 12.4. The van der Waals surface area contributed by atoms with Gasteiger partial charge in [0, 0.05) is 18.1 Å². The van der Waals surface area contributed by atoms with Crippen molar-refractivity contribution in [2.75, 3.05) is 5.73 Å². The molecule has 0 unspecified atom stereocenters. The van der Waals surface area contributed by atoms with Gasteiger partial charge in [-0.05, 0) is 17.7 Å². The van der Waals surface area contributed by atoms with Crippen LogP contribution >= 0.6 is 11.8 Å². The van der Waals surface area contributed by atoms with Crippen molar-refractivity contribution < 1.29 is 9.90 Å². The van der Waals surface area contributed by atoms with Gasteiger partial charge in [0.15, 0.2) is 5.82 Å². The van der Waals surface area contributed by atoms with Gasteiger partial charge < -0.3 is 10.8 Å². The highest BCUT2D eigenvalue weighted by atomic mass is 32.2. The maximum atomic E-state index is 10.7. The van der Waals surface area contributed by atoms with Gasteiger partial charge in [-0.1, -0.05) is 23.9 Å². The van der Waals surface area contributed by atoms with Crippen molar-refractivity contribution in [2.24, 2.45) is 0 Å². The molecule has 0 aliphatic rings. The minimum atomic E-state index is -0.924. The molecule has 0 atom stereocenters. The van der Waals surface area contributed by atoms with Crippen LogP contribution in [0.1, 0.15) is 15.9 Å². The summed E-state index contributed by atoms with van der Waals surface area (Å²) in [6.07, 6.45) is 3.13. The Kier molecular flexibility index (Phi) is 3.78. The Morgan fingerprint density at radius 2 is 1.89 bits per heavy atom. The van der Waals surface area contributed by atoms with Crippen molar-refractivity contribution in [1.29, 1.82) is 0 Å². The number of nitrogens with two attached hydrogens (primary N) is 1. The number of hydrogen-bond acceptors (Lipinski definition) is 5. The lowest BCUT2D eigenvalue weighted by Crippen LogP contribution is -1.96. The molecule has 3 N–H and O–H groups in total. The van der Waals surface area contributed by atoms with Crippen LogP contribution in [0.3, 0.4) is 0 Å². The minimum absolute atomic E-state index is 0.280. The number of hydrogen-bond donors (Lipinski definition) is 2. The monoisotopic (exact) mass is 261 g/mol. The molecule has 2 aromatic rings. The number of carboxylic acid groups (broad SMARTS) is 1. The third-order valence-corrected chi connectivity index (χ3v) is 3.33. The number of benzene rings is 1. The van der Waals surface area contributed by atoms with Crippen LogP contribution in [0.15, 0.2) is 41.7 Å². The van der Waals surface area contributed by atoms with Crippen molar-refractivity contribution in [3.63, 3.8) is 0 Å². The summed E-state index contributed by atoms with van der Waals surface area (Å²) in [5.74, 6) is 0.153. The molecule has 1 aromatic carbocycles. The number of carbonyl (C=O) groups is 1. The predicted octanol–water partition coefficient (Wildman–Crippen LogP) is 2.05. The number of nitrogens with zero attached hydrogens (tertiary/aromatic N) is 2. The first-order valence-electron chi connectivity index (χ1n) is 5.18. The van der Waals surface area contributed by atoms with E-state index in [1.165, 1.54) is 11.8 Å². The summed E-state index contributed by atoms with van der Waals surface area (Å²) in [6.45, 7) is 0. The Bertz CT molecular complexity index is 558. The second-order valence-electron chi connectivity index (χ2n) is 3.54. The van der Waals surface area contributed by atoms with Crippen molar-refractivity contribution in [2.45, 2.75) is 10.8 Å². The third-order valence-electron chi connectivity index (χ3n) is 2.27. The molecule has 0 saturated heterocycles. The van der Waals surface area contributed by atoms with Crippen LogP contribution in [0, 0.1) is 0 Å². The summed E-state index contributed by atoms with van der Waals surface area (Å²) in [7, 11) is 0. The van der Waals surface area contributed by atoms with E-state index >= 15 is 0 Å². The van der Waals surface area contributed by atoms with Crippen LogP contribution in [0.4, 0.5) is 5.82 Å². The second kappa shape index (κ2) is 5.50. The van der Waals surface area contributed by atoms with E-state index in [9.17, 15) is 4.79 Å². The van der Waals surface area contributed by atoms with E-state index in [4.69, 9.17) is 10.8 Å². The lowest BCUT2D eigenvalue weighted by Gasteiger charge is -2.03. The summed E-state index contributed by atoms with van der Waals surface area (Å²) in [4.78, 5) is 18.8. The van der Waals surface area contributed by atoms with E-state index in [2.05, 4.69) is 9.97 Å². The van der Waals surface area contributed by atoms with Gasteiger partial charge in [0.05, 0.1) is 5.56 Å². The Balaban J connectivity index is 2.02. The van der Waals surface area contributed by atoms with Gasteiger partial charge in [0.2, 0.25) is 0 Å². The molecular weight excluding hydrogens is 250 g/mol.